The number of carbonyl (C=O) groups is 7. The maximum absolute atomic E-state index is 12.7. The molecule has 2 aliphatic heterocycles. The zero-order valence-corrected chi connectivity index (χ0v) is 21.8. The van der Waals surface area contributed by atoms with Crippen LogP contribution in [-0.4, -0.2) is 93.4 Å². The molecule has 4 N–H and O–H groups in total. The number of unbranched alkanes of at least 4 members (excludes halogenated alkanes) is 3. The molecule has 1 saturated heterocycles. The van der Waals surface area contributed by atoms with Crippen molar-refractivity contribution in [1.29, 1.82) is 0 Å². The fourth-order valence-corrected chi connectivity index (χ4v) is 3.90. The maximum Gasteiger partial charge on any atom is 0.355 e. The molecule has 0 spiro atoms. The smallest absolute Gasteiger partial charge is 0.355 e. The highest BCUT2D eigenvalue weighted by Gasteiger charge is 2.35. The number of hydrogen-bond acceptors (Lipinski definition) is 10. The van der Waals surface area contributed by atoms with Crippen molar-refractivity contribution in [2.45, 2.75) is 82.8 Å². The van der Waals surface area contributed by atoms with Crippen LogP contribution < -0.4 is 10.6 Å². The molecule has 2 atom stereocenters. The predicted molar refractivity (Wildman–Crippen MR) is 133 cm³/mol. The molecule has 0 aliphatic carbocycles. The molecule has 0 radical (unpaired) electrons. The van der Waals surface area contributed by atoms with Gasteiger partial charge in [0.05, 0.1) is 12.7 Å². The Morgan fingerprint density at radius 2 is 1.54 bits per heavy atom. The second-order valence-electron chi connectivity index (χ2n) is 9.31. The summed E-state index contributed by atoms with van der Waals surface area (Å²) in [5, 5.41) is 23.7. The van der Waals surface area contributed by atoms with Gasteiger partial charge in [-0.15, -0.1) is 5.06 Å². The van der Waals surface area contributed by atoms with Crippen LogP contribution in [0.15, 0.2) is 12.2 Å². The van der Waals surface area contributed by atoms with Gasteiger partial charge >= 0.3 is 5.97 Å². The van der Waals surface area contributed by atoms with Gasteiger partial charge in [-0.1, -0.05) is 6.42 Å². The quantitative estimate of drug-likeness (QED) is 0.121. The summed E-state index contributed by atoms with van der Waals surface area (Å²) in [6.45, 7) is 0.221. The Bertz CT molecular complexity index is 932. The molecule has 14 heteroatoms. The fraction of sp³-hybridized carbons (Fsp3) is 0.640. The second-order valence-corrected chi connectivity index (χ2v) is 9.31. The lowest BCUT2D eigenvalue weighted by Crippen LogP contribution is -2.46. The van der Waals surface area contributed by atoms with E-state index in [2.05, 4.69) is 10.6 Å². The van der Waals surface area contributed by atoms with Crippen molar-refractivity contribution in [2.24, 2.45) is 0 Å². The van der Waals surface area contributed by atoms with Gasteiger partial charge in [0, 0.05) is 50.9 Å². The lowest BCUT2D eigenvalue weighted by Gasteiger charge is -2.20. The Kier molecular flexibility index (Phi) is 13.2. The Labute approximate surface area is 225 Å². The first-order valence-corrected chi connectivity index (χ1v) is 13.1. The minimum absolute atomic E-state index is 0.0252. The third kappa shape index (κ3) is 10.9. The lowest BCUT2D eigenvalue weighted by atomic mass is 10.1. The zero-order chi connectivity index (χ0) is 28.8. The van der Waals surface area contributed by atoms with Crippen LogP contribution in [0.3, 0.4) is 0 Å². The first-order chi connectivity index (χ1) is 18.6. The van der Waals surface area contributed by atoms with Crippen LogP contribution in [0.4, 0.5) is 0 Å². The number of hydroxylamine groups is 2. The number of nitrogens with zero attached hydrogens (tertiary/aromatic N) is 2. The molecule has 0 unspecified atom stereocenters. The van der Waals surface area contributed by atoms with Crippen molar-refractivity contribution >= 4 is 41.4 Å². The van der Waals surface area contributed by atoms with E-state index in [1.165, 1.54) is 12.2 Å². The summed E-state index contributed by atoms with van der Waals surface area (Å²) in [6.07, 6.45) is 4.15. The molecule has 2 aliphatic rings. The molecule has 2 rings (SSSR count). The molecule has 6 amide bonds. The highest BCUT2D eigenvalue weighted by molar-refractivity contribution is 6.12. The van der Waals surface area contributed by atoms with Gasteiger partial charge in [0.1, 0.15) is 6.04 Å². The summed E-state index contributed by atoms with van der Waals surface area (Å²) in [5.74, 6) is -4.04. The number of aliphatic hydroxyl groups excluding tert-OH is 2. The van der Waals surface area contributed by atoms with Gasteiger partial charge in [0.2, 0.25) is 11.8 Å². The molecule has 0 aromatic rings. The molecule has 14 nitrogen and oxygen atoms in total. The topological polar surface area (TPSA) is 200 Å². The Morgan fingerprint density at radius 3 is 2.18 bits per heavy atom. The minimum atomic E-state index is -1.28. The lowest BCUT2D eigenvalue weighted by molar-refractivity contribution is -0.199. The number of nitrogens with one attached hydrogen (secondary N) is 2. The number of aliphatic hydroxyl groups is 2. The molecular weight excluding hydrogens is 516 g/mol. The molecule has 0 bridgehead atoms. The normalized spacial score (nSPS) is 16.6. The van der Waals surface area contributed by atoms with Crippen LogP contribution in [-0.2, 0) is 38.4 Å². The van der Waals surface area contributed by atoms with E-state index in [4.69, 9.17) is 9.94 Å². The van der Waals surface area contributed by atoms with Crippen LogP contribution in [0.1, 0.15) is 70.6 Å². The predicted octanol–water partition coefficient (Wildman–Crippen LogP) is -1.02. The molecule has 39 heavy (non-hydrogen) atoms. The van der Waals surface area contributed by atoms with Crippen LogP contribution in [0.25, 0.3) is 0 Å². The standard InChI is InChI=1S/C25H36N4O10/c30-16-17(31)6-3-4-14-26-19(32)9-8-18(25(38)39-29-23(36)12-13-24(29)37)27-20(33)7-2-1-5-15-28-21(34)10-11-22(28)35/h10-11,17-18,30-31H,1-9,12-16H2,(H,26,32)(H,27,33)/t17-,18-/m0/s1. The Hall–Kier alpha value is -3.65. The van der Waals surface area contributed by atoms with Crippen molar-refractivity contribution in [2.75, 3.05) is 19.7 Å². The maximum atomic E-state index is 12.7. The largest absolute Gasteiger partial charge is 0.394 e. The van der Waals surface area contributed by atoms with E-state index >= 15 is 0 Å². The van der Waals surface area contributed by atoms with Crippen molar-refractivity contribution in [1.82, 2.24) is 20.6 Å². The molecular formula is C25H36N4O10. The van der Waals surface area contributed by atoms with Crippen molar-refractivity contribution < 1.29 is 48.6 Å². The molecule has 216 valence electrons. The SMILES string of the molecule is O=C(CC[C@H](NC(=O)CCCCCN1C(=O)C=CC1=O)C(=O)ON1C(=O)CCC1=O)NCCCC[C@H](O)CO. The second kappa shape index (κ2) is 16.3. The minimum Gasteiger partial charge on any atom is -0.394 e. The number of amides is 6. The summed E-state index contributed by atoms with van der Waals surface area (Å²) in [4.78, 5) is 90.1. The summed E-state index contributed by atoms with van der Waals surface area (Å²) in [5.41, 5.74) is 0. The van der Waals surface area contributed by atoms with Crippen LogP contribution in [0, 0.1) is 0 Å². The fourth-order valence-electron chi connectivity index (χ4n) is 3.90. The van der Waals surface area contributed by atoms with Gasteiger partial charge in [-0.3, -0.25) is 33.7 Å². The van der Waals surface area contributed by atoms with E-state index in [9.17, 15) is 38.7 Å². The first kappa shape index (κ1) is 31.6. The number of carbonyl (C=O) groups excluding carboxylic acids is 7. The average molecular weight is 553 g/mol. The van der Waals surface area contributed by atoms with E-state index in [1.807, 2.05) is 0 Å². The van der Waals surface area contributed by atoms with Gasteiger partial charge in [0.15, 0.2) is 0 Å². The van der Waals surface area contributed by atoms with Crippen molar-refractivity contribution in [3.8, 4) is 0 Å². The van der Waals surface area contributed by atoms with E-state index in [-0.39, 0.29) is 57.1 Å². The average Bonchev–Trinajstić information content (AvgIpc) is 3.40. The van der Waals surface area contributed by atoms with Crippen molar-refractivity contribution in [3.63, 3.8) is 0 Å². The van der Waals surface area contributed by atoms with E-state index in [0.29, 0.717) is 50.1 Å². The molecule has 0 aromatic heterocycles. The third-order valence-electron chi connectivity index (χ3n) is 6.15. The van der Waals surface area contributed by atoms with Crippen LogP contribution >= 0.6 is 0 Å². The zero-order valence-electron chi connectivity index (χ0n) is 21.8. The number of rotatable bonds is 18. The molecule has 2 heterocycles. The summed E-state index contributed by atoms with van der Waals surface area (Å²) < 4.78 is 0. The monoisotopic (exact) mass is 552 g/mol. The molecule has 0 saturated carbocycles. The summed E-state index contributed by atoms with van der Waals surface area (Å²) in [7, 11) is 0. The van der Waals surface area contributed by atoms with Crippen LogP contribution in [0.5, 0.6) is 0 Å². The molecule has 0 aromatic carbocycles. The number of imide groups is 2. The highest BCUT2D eigenvalue weighted by Crippen LogP contribution is 2.14. The molecule has 1 fully saturated rings. The van der Waals surface area contributed by atoms with Crippen molar-refractivity contribution in [3.05, 3.63) is 12.2 Å². The van der Waals surface area contributed by atoms with Gasteiger partial charge in [-0.25, -0.2) is 4.79 Å². The van der Waals surface area contributed by atoms with E-state index < -0.39 is 41.7 Å². The van der Waals surface area contributed by atoms with Gasteiger partial charge in [-0.2, -0.15) is 0 Å². The third-order valence-corrected chi connectivity index (χ3v) is 6.15. The van der Waals surface area contributed by atoms with Gasteiger partial charge in [-0.05, 0) is 38.5 Å². The highest BCUT2D eigenvalue weighted by atomic mass is 16.7. The Morgan fingerprint density at radius 1 is 0.872 bits per heavy atom. The summed E-state index contributed by atoms with van der Waals surface area (Å²) in [6, 6.07) is -1.28. The number of hydrogen-bond donors (Lipinski definition) is 4. The van der Waals surface area contributed by atoms with Crippen LogP contribution in [0.2, 0.25) is 0 Å². The summed E-state index contributed by atoms with van der Waals surface area (Å²) >= 11 is 0. The van der Waals surface area contributed by atoms with Gasteiger partial charge in [0.25, 0.3) is 23.6 Å². The van der Waals surface area contributed by atoms with E-state index in [1.54, 1.807) is 0 Å². The first-order valence-electron chi connectivity index (χ1n) is 13.1. The Balaban J connectivity index is 1.79. The van der Waals surface area contributed by atoms with Gasteiger partial charge < -0.3 is 25.7 Å². The van der Waals surface area contributed by atoms with E-state index in [0.717, 1.165) is 4.90 Å².